The molecule has 0 bridgehead atoms. The molecule has 1 unspecified atom stereocenters. The number of imidazole rings is 1. The molecule has 2 rings (SSSR count). The lowest BCUT2D eigenvalue weighted by Crippen LogP contribution is -2.15. The minimum absolute atomic E-state index is 0.615. The van der Waals surface area contributed by atoms with Crippen LogP contribution in [0.25, 0.3) is 5.65 Å². The van der Waals surface area contributed by atoms with E-state index in [1.807, 2.05) is 28.8 Å². The number of aromatic nitrogens is 2. The summed E-state index contributed by atoms with van der Waals surface area (Å²) in [5.41, 5.74) is 2.09. The summed E-state index contributed by atoms with van der Waals surface area (Å²) in [5, 5.41) is 3.42. The highest BCUT2D eigenvalue weighted by molar-refractivity contribution is 6.18. The van der Waals surface area contributed by atoms with Gasteiger partial charge in [0, 0.05) is 24.8 Å². The number of halogens is 1. The van der Waals surface area contributed by atoms with E-state index in [2.05, 4.69) is 23.4 Å². The Labute approximate surface area is 113 Å². The van der Waals surface area contributed by atoms with E-state index < -0.39 is 0 Å². The van der Waals surface area contributed by atoms with Gasteiger partial charge in [0.2, 0.25) is 0 Å². The third kappa shape index (κ3) is 3.72. The van der Waals surface area contributed by atoms with Crippen molar-refractivity contribution >= 4 is 17.2 Å². The standard InChI is InChI=1S/C14H20ClN3/c1-12(9-15)5-4-7-16-10-13-11-18-8-3-2-6-14(18)17-13/h2-3,6,8,11-12,16H,4-5,7,9-10H2,1H3. The number of nitrogens with zero attached hydrogens (tertiary/aromatic N) is 2. The Morgan fingerprint density at radius 3 is 3.11 bits per heavy atom. The van der Waals surface area contributed by atoms with Gasteiger partial charge in [0.15, 0.2) is 0 Å². The summed E-state index contributed by atoms with van der Waals surface area (Å²) in [6.07, 6.45) is 6.45. The Hall–Kier alpha value is -1.06. The number of hydrogen-bond donors (Lipinski definition) is 1. The average molecular weight is 266 g/mol. The van der Waals surface area contributed by atoms with Crippen molar-refractivity contribution in [1.82, 2.24) is 14.7 Å². The topological polar surface area (TPSA) is 29.3 Å². The van der Waals surface area contributed by atoms with Gasteiger partial charge in [0.1, 0.15) is 5.65 Å². The maximum absolute atomic E-state index is 5.77. The van der Waals surface area contributed by atoms with Crippen molar-refractivity contribution in [2.45, 2.75) is 26.3 Å². The van der Waals surface area contributed by atoms with E-state index >= 15 is 0 Å². The summed E-state index contributed by atoms with van der Waals surface area (Å²) in [4.78, 5) is 4.54. The van der Waals surface area contributed by atoms with Crippen LogP contribution in [-0.4, -0.2) is 21.8 Å². The van der Waals surface area contributed by atoms with Crippen LogP contribution in [0, 0.1) is 5.92 Å². The zero-order valence-corrected chi connectivity index (χ0v) is 11.5. The molecule has 1 atom stereocenters. The molecular weight excluding hydrogens is 246 g/mol. The molecule has 0 aliphatic rings. The first kappa shape index (κ1) is 13.4. The molecule has 4 heteroatoms. The highest BCUT2D eigenvalue weighted by Crippen LogP contribution is 2.07. The van der Waals surface area contributed by atoms with E-state index in [0.29, 0.717) is 5.92 Å². The van der Waals surface area contributed by atoms with E-state index in [4.69, 9.17) is 11.6 Å². The van der Waals surface area contributed by atoms with Gasteiger partial charge in [-0.2, -0.15) is 0 Å². The van der Waals surface area contributed by atoms with Gasteiger partial charge < -0.3 is 9.72 Å². The molecule has 0 fully saturated rings. The lowest BCUT2D eigenvalue weighted by molar-refractivity contribution is 0.530. The van der Waals surface area contributed by atoms with E-state index in [-0.39, 0.29) is 0 Å². The van der Waals surface area contributed by atoms with Crippen LogP contribution in [0.5, 0.6) is 0 Å². The first-order valence-electron chi connectivity index (χ1n) is 6.49. The number of rotatable bonds is 7. The normalized spacial score (nSPS) is 13.0. The molecule has 18 heavy (non-hydrogen) atoms. The highest BCUT2D eigenvalue weighted by atomic mass is 35.5. The number of hydrogen-bond acceptors (Lipinski definition) is 2. The van der Waals surface area contributed by atoms with Crippen molar-refractivity contribution < 1.29 is 0 Å². The highest BCUT2D eigenvalue weighted by Gasteiger charge is 2.01. The van der Waals surface area contributed by atoms with Gasteiger partial charge in [-0.3, -0.25) is 0 Å². The predicted octanol–water partition coefficient (Wildman–Crippen LogP) is 3.08. The Kier molecular flexibility index (Phi) is 5.02. The molecule has 0 saturated carbocycles. The zero-order chi connectivity index (χ0) is 12.8. The van der Waals surface area contributed by atoms with E-state index in [1.54, 1.807) is 0 Å². The molecule has 0 aliphatic carbocycles. The van der Waals surface area contributed by atoms with Crippen LogP contribution in [0.2, 0.25) is 0 Å². The molecule has 1 N–H and O–H groups in total. The largest absolute Gasteiger partial charge is 0.311 e. The van der Waals surface area contributed by atoms with Crippen molar-refractivity contribution in [3.8, 4) is 0 Å². The summed E-state index contributed by atoms with van der Waals surface area (Å²) in [7, 11) is 0. The van der Waals surface area contributed by atoms with Crippen LogP contribution in [0.15, 0.2) is 30.6 Å². The monoisotopic (exact) mass is 265 g/mol. The fraction of sp³-hybridized carbons (Fsp3) is 0.500. The lowest BCUT2D eigenvalue weighted by atomic mass is 10.1. The zero-order valence-electron chi connectivity index (χ0n) is 10.8. The van der Waals surface area contributed by atoms with Crippen LogP contribution in [0.3, 0.4) is 0 Å². The van der Waals surface area contributed by atoms with Gasteiger partial charge in [-0.05, 0) is 37.4 Å². The minimum atomic E-state index is 0.615. The fourth-order valence-corrected chi connectivity index (χ4v) is 2.10. The van der Waals surface area contributed by atoms with Crippen LogP contribution in [-0.2, 0) is 6.54 Å². The molecule has 0 spiro atoms. The summed E-state index contributed by atoms with van der Waals surface area (Å²) in [5.74, 6) is 1.37. The second-order valence-corrected chi connectivity index (χ2v) is 5.09. The van der Waals surface area contributed by atoms with Gasteiger partial charge >= 0.3 is 0 Å². The second kappa shape index (κ2) is 6.76. The molecule has 0 aromatic carbocycles. The fourth-order valence-electron chi connectivity index (χ4n) is 1.94. The Morgan fingerprint density at radius 2 is 2.33 bits per heavy atom. The summed E-state index contributed by atoms with van der Waals surface area (Å²) in [6.45, 7) is 4.04. The van der Waals surface area contributed by atoms with Crippen molar-refractivity contribution in [2.75, 3.05) is 12.4 Å². The summed E-state index contributed by atoms with van der Waals surface area (Å²) < 4.78 is 2.05. The molecule has 98 valence electrons. The molecule has 0 radical (unpaired) electrons. The second-order valence-electron chi connectivity index (χ2n) is 4.78. The smallest absolute Gasteiger partial charge is 0.137 e. The third-order valence-electron chi connectivity index (χ3n) is 3.03. The van der Waals surface area contributed by atoms with Gasteiger partial charge in [-0.1, -0.05) is 13.0 Å². The van der Waals surface area contributed by atoms with E-state index in [1.165, 1.54) is 12.8 Å². The first-order valence-corrected chi connectivity index (χ1v) is 7.02. The Bertz CT molecular complexity index is 448. The van der Waals surface area contributed by atoms with Crippen LogP contribution in [0.4, 0.5) is 0 Å². The van der Waals surface area contributed by atoms with E-state index in [9.17, 15) is 0 Å². The van der Waals surface area contributed by atoms with Crippen molar-refractivity contribution in [2.24, 2.45) is 5.92 Å². The molecule has 0 saturated heterocycles. The summed E-state index contributed by atoms with van der Waals surface area (Å²) >= 11 is 5.77. The molecule has 3 nitrogen and oxygen atoms in total. The molecule has 2 aromatic rings. The molecular formula is C14H20ClN3. The quantitative estimate of drug-likeness (QED) is 0.616. The van der Waals surface area contributed by atoms with Gasteiger partial charge in [0.25, 0.3) is 0 Å². The number of pyridine rings is 1. The Morgan fingerprint density at radius 1 is 1.44 bits per heavy atom. The Balaban J connectivity index is 1.73. The van der Waals surface area contributed by atoms with Crippen molar-refractivity contribution in [3.05, 3.63) is 36.3 Å². The van der Waals surface area contributed by atoms with Crippen molar-refractivity contribution in [3.63, 3.8) is 0 Å². The molecule has 2 heterocycles. The maximum atomic E-state index is 5.77. The summed E-state index contributed by atoms with van der Waals surface area (Å²) in [6, 6.07) is 6.04. The third-order valence-corrected chi connectivity index (χ3v) is 3.56. The SMILES string of the molecule is CC(CCl)CCCNCc1cn2ccccc2n1. The average Bonchev–Trinajstić information content (AvgIpc) is 2.80. The minimum Gasteiger partial charge on any atom is -0.311 e. The van der Waals surface area contributed by atoms with Gasteiger partial charge in [-0.15, -0.1) is 11.6 Å². The van der Waals surface area contributed by atoms with Crippen LogP contribution >= 0.6 is 11.6 Å². The number of alkyl halides is 1. The maximum Gasteiger partial charge on any atom is 0.137 e. The molecule has 0 amide bonds. The van der Waals surface area contributed by atoms with Crippen LogP contribution < -0.4 is 5.32 Å². The lowest BCUT2D eigenvalue weighted by Gasteiger charge is -2.06. The number of nitrogens with one attached hydrogen (secondary N) is 1. The van der Waals surface area contributed by atoms with Gasteiger partial charge in [0.05, 0.1) is 5.69 Å². The molecule has 0 aliphatic heterocycles. The van der Waals surface area contributed by atoms with Crippen LogP contribution in [0.1, 0.15) is 25.5 Å². The van der Waals surface area contributed by atoms with E-state index in [0.717, 1.165) is 30.3 Å². The number of fused-ring (bicyclic) bond motifs is 1. The predicted molar refractivity (Wildman–Crippen MR) is 76.0 cm³/mol. The molecule has 2 aromatic heterocycles. The first-order chi connectivity index (χ1) is 8.79. The van der Waals surface area contributed by atoms with Crippen molar-refractivity contribution in [1.29, 1.82) is 0 Å². The van der Waals surface area contributed by atoms with Gasteiger partial charge in [-0.25, -0.2) is 4.98 Å².